The normalized spacial score (nSPS) is 24.8. The topological polar surface area (TPSA) is 24.5 Å². The number of likely N-dealkylation sites (tertiary alicyclic amines) is 1. The van der Waals surface area contributed by atoms with Crippen molar-refractivity contribution in [3.05, 3.63) is 0 Å². The highest BCUT2D eigenvalue weighted by molar-refractivity contribution is 4.84. The number of nitrogens with zero attached hydrogens (tertiary/aromatic N) is 1. The molecule has 0 amide bonds. The first-order valence-corrected chi connectivity index (χ1v) is 7.83. The average Bonchev–Trinajstić information content (AvgIpc) is 2.73. The van der Waals surface area contributed by atoms with E-state index < -0.39 is 0 Å². The first-order valence-electron chi connectivity index (χ1n) is 7.83. The predicted molar refractivity (Wildman–Crippen MR) is 78.1 cm³/mol. The molecule has 0 aromatic carbocycles. The van der Waals surface area contributed by atoms with Crippen LogP contribution in [0.5, 0.6) is 0 Å². The van der Waals surface area contributed by atoms with Gasteiger partial charge in [0.25, 0.3) is 0 Å². The Balaban J connectivity index is 1.96. The molecule has 0 spiro atoms. The van der Waals surface area contributed by atoms with Gasteiger partial charge in [0.2, 0.25) is 0 Å². The summed E-state index contributed by atoms with van der Waals surface area (Å²) >= 11 is 0. The second-order valence-corrected chi connectivity index (χ2v) is 5.38. The fourth-order valence-electron chi connectivity index (χ4n) is 2.90. The highest BCUT2D eigenvalue weighted by atomic mass is 16.5. The van der Waals surface area contributed by atoms with Crippen molar-refractivity contribution >= 4 is 0 Å². The summed E-state index contributed by atoms with van der Waals surface area (Å²) in [5.74, 6) is 0. The van der Waals surface area contributed by atoms with Crippen LogP contribution < -0.4 is 5.32 Å². The van der Waals surface area contributed by atoms with Crippen LogP contribution in [0, 0.1) is 0 Å². The first-order chi connectivity index (χ1) is 8.79. The van der Waals surface area contributed by atoms with E-state index in [9.17, 15) is 0 Å². The molecule has 0 aliphatic carbocycles. The lowest BCUT2D eigenvalue weighted by Crippen LogP contribution is -2.39. The minimum Gasteiger partial charge on any atom is -0.382 e. The van der Waals surface area contributed by atoms with Gasteiger partial charge >= 0.3 is 0 Å². The molecule has 1 aliphatic rings. The van der Waals surface area contributed by atoms with Crippen molar-refractivity contribution in [2.75, 3.05) is 32.8 Å². The predicted octanol–water partition coefficient (Wildman–Crippen LogP) is 2.66. The lowest BCUT2D eigenvalue weighted by molar-refractivity contribution is 0.143. The van der Waals surface area contributed by atoms with Crippen molar-refractivity contribution in [1.82, 2.24) is 10.2 Å². The van der Waals surface area contributed by atoms with Crippen molar-refractivity contribution in [1.29, 1.82) is 0 Å². The van der Waals surface area contributed by atoms with Crippen LogP contribution in [-0.4, -0.2) is 49.8 Å². The molecule has 1 rings (SSSR count). The lowest BCUT2D eigenvalue weighted by atomic mass is 10.1. The fourth-order valence-corrected chi connectivity index (χ4v) is 2.90. The summed E-state index contributed by atoms with van der Waals surface area (Å²) in [5, 5.41) is 3.56. The van der Waals surface area contributed by atoms with Gasteiger partial charge in [-0.1, -0.05) is 6.92 Å². The summed E-state index contributed by atoms with van der Waals surface area (Å²) in [6.07, 6.45) is 6.49. The van der Waals surface area contributed by atoms with E-state index in [2.05, 4.69) is 31.0 Å². The molecule has 18 heavy (non-hydrogen) atoms. The highest BCUT2D eigenvalue weighted by Crippen LogP contribution is 2.24. The number of nitrogens with one attached hydrogen (secondary N) is 1. The molecule has 0 aromatic rings. The zero-order chi connectivity index (χ0) is 13.2. The van der Waals surface area contributed by atoms with Gasteiger partial charge in [-0.3, -0.25) is 4.90 Å². The molecule has 0 saturated carbocycles. The summed E-state index contributed by atoms with van der Waals surface area (Å²) in [5.41, 5.74) is 0. The van der Waals surface area contributed by atoms with E-state index in [0.717, 1.165) is 38.4 Å². The Morgan fingerprint density at radius 1 is 1.17 bits per heavy atom. The summed E-state index contributed by atoms with van der Waals surface area (Å²) < 4.78 is 5.33. The van der Waals surface area contributed by atoms with E-state index in [4.69, 9.17) is 4.74 Å². The first kappa shape index (κ1) is 15.9. The Bertz CT molecular complexity index is 199. The van der Waals surface area contributed by atoms with Crippen LogP contribution in [0.4, 0.5) is 0 Å². The molecule has 3 heteroatoms. The molecule has 1 N–H and O–H groups in total. The minimum absolute atomic E-state index is 0.787. The van der Waals surface area contributed by atoms with Crippen LogP contribution in [0.15, 0.2) is 0 Å². The smallest absolute Gasteiger partial charge is 0.0466 e. The zero-order valence-electron chi connectivity index (χ0n) is 12.6. The third-order valence-electron chi connectivity index (χ3n) is 4.07. The molecule has 108 valence electrons. The van der Waals surface area contributed by atoms with Crippen LogP contribution in [0.25, 0.3) is 0 Å². The summed E-state index contributed by atoms with van der Waals surface area (Å²) in [6, 6.07) is 1.62. The van der Waals surface area contributed by atoms with Crippen molar-refractivity contribution in [3.8, 4) is 0 Å². The summed E-state index contributed by atoms with van der Waals surface area (Å²) in [4.78, 5) is 2.69. The van der Waals surface area contributed by atoms with E-state index in [1.807, 2.05) is 0 Å². The lowest BCUT2D eigenvalue weighted by Gasteiger charge is -2.27. The van der Waals surface area contributed by atoms with E-state index in [1.165, 1.54) is 38.6 Å². The number of ether oxygens (including phenoxy) is 1. The van der Waals surface area contributed by atoms with Crippen LogP contribution >= 0.6 is 0 Å². The van der Waals surface area contributed by atoms with Gasteiger partial charge in [-0.2, -0.15) is 0 Å². The molecule has 1 fully saturated rings. The Kier molecular flexibility index (Phi) is 8.64. The van der Waals surface area contributed by atoms with Crippen molar-refractivity contribution in [3.63, 3.8) is 0 Å². The maximum absolute atomic E-state index is 5.33. The van der Waals surface area contributed by atoms with Gasteiger partial charge in [0.05, 0.1) is 0 Å². The maximum atomic E-state index is 5.33. The zero-order valence-corrected chi connectivity index (χ0v) is 12.6. The van der Waals surface area contributed by atoms with Gasteiger partial charge in [-0.25, -0.2) is 0 Å². The number of rotatable bonds is 10. The van der Waals surface area contributed by atoms with Crippen molar-refractivity contribution in [2.24, 2.45) is 0 Å². The maximum Gasteiger partial charge on any atom is 0.0466 e. The molecule has 3 nitrogen and oxygen atoms in total. The molecular weight excluding hydrogens is 224 g/mol. The standard InChI is InChI=1S/C15H32N2O/c1-4-15-9-8-14(3)17(15)12-11-16-10-6-7-13-18-5-2/h14-16H,4-13H2,1-3H3. The molecule has 1 saturated heterocycles. The van der Waals surface area contributed by atoms with Gasteiger partial charge in [0.15, 0.2) is 0 Å². The van der Waals surface area contributed by atoms with Crippen LogP contribution in [0.1, 0.15) is 52.9 Å². The average molecular weight is 256 g/mol. The number of unbranched alkanes of at least 4 members (excludes halogenated alkanes) is 1. The molecule has 0 aromatic heterocycles. The monoisotopic (exact) mass is 256 g/mol. The molecule has 0 bridgehead atoms. The Morgan fingerprint density at radius 3 is 2.72 bits per heavy atom. The molecule has 0 radical (unpaired) electrons. The SMILES string of the molecule is CCOCCCCNCCN1C(C)CCC1CC. The van der Waals surface area contributed by atoms with E-state index >= 15 is 0 Å². The minimum atomic E-state index is 0.787. The van der Waals surface area contributed by atoms with Gasteiger partial charge in [0.1, 0.15) is 0 Å². The molecule has 2 unspecified atom stereocenters. The Labute approximate surface area is 113 Å². The van der Waals surface area contributed by atoms with Gasteiger partial charge in [-0.05, 0) is 52.5 Å². The van der Waals surface area contributed by atoms with Crippen LogP contribution in [0.3, 0.4) is 0 Å². The molecular formula is C15H32N2O. The van der Waals surface area contributed by atoms with Crippen molar-refractivity contribution in [2.45, 2.75) is 65.0 Å². The van der Waals surface area contributed by atoms with Gasteiger partial charge in [-0.15, -0.1) is 0 Å². The highest BCUT2D eigenvalue weighted by Gasteiger charge is 2.28. The molecule has 2 atom stereocenters. The van der Waals surface area contributed by atoms with Gasteiger partial charge in [0, 0.05) is 38.4 Å². The Hall–Kier alpha value is -0.120. The third-order valence-corrected chi connectivity index (χ3v) is 4.07. The molecule has 1 heterocycles. The largest absolute Gasteiger partial charge is 0.382 e. The second kappa shape index (κ2) is 9.76. The second-order valence-electron chi connectivity index (χ2n) is 5.38. The molecule has 1 aliphatic heterocycles. The third kappa shape index (κ3) is 5.68. The quantitative estimate of drug-likeness (QED) is 0.608. The van der Waals surface area contributed by atoms with Crippen LogP contribution in [0.2, 0.25) is 0 Å². The Morgan fingerprint density at radius 2 is 2.00 bits per heavy atom. The fraction of sp³-hybridized carbons (Fsp3) is 1.00. The number of hydrogen-bond acceptors (Lipinski definition) is 3. The summed E-state index contributed by atoms with van der Waals surface area (Å²) in [6.45, 7) is 12.0. The van der Waals surface area contributed by atoms with E-state index in [-0.39, 0.29) is 0 Å². The van der Waals surface area contributed by atoms with E-state index in [1.54, 1.807) is 0 Å². The van der Waals surface area contributed by atoms with Crippen LogP contribution in [-0.2, 0) is 4.74 Å². The van der Waals surface area contributed by atoms with E-state index in [0.29, 0.717) is 0 Å². The summed E-state index contributed by atoms with van der Waals surface area (Å²) in [7, 11) is 0. The van der Waals surface area contributed by atoms with Gasteiger partial charge < -0.3 is 10.1 Å². The van der Waals surface area contributed by atoms with Crippen molar-refractivity contribution < 1.29 is 4.74 Å². The number of hydrogen-bond donors (Lipinski definition) is 1.